The molecule has 24 heavy (non-hydrogen) atoms. The molecule has 1 aliphatic heterocycles. The number of nitrogens with zero attached hydrogens (tertiary/aromatic N) is 2. The highest BCUT2D eigenvalue weighted by molar-refractivity contribution is 8.02. The first kappa shape index (κ1) is 15.7. The summed E-state index contributed by atoms with van der Waals surface area (Å²) in [7, 11) is 0. The minimum atomic E-state index is -0.154. The van der Waals surface area contributed by atoms with Crippen LogP contribution in [0.4, 0.5) is 5.69 Å². The molecule has 1 amide bonds. The van der Waals surface area contributed by atoms with Crippen molar-refractivity contribution in [2.24, 2.45) is 0 Å². The van der Waals surface area contributed by atoms with E-state index in [0.29, 0.717) is 0 Å². The van der Waals surface area contributed by atoms with Crippen LogP contribution in [0.15, 0.2) is 52.9 Å². The zero-order chi connectivity index (χ0) is 16.7. The van der Waals surface area contributed by atoms with Gasteiger partial charge in [0.25, 0.3) is 0 Å². The molecule has 5 heteroatoms. The molecule has 0 bridgehead atoms. The number of carbonyl (C=O) groups is 1. The first-order valence-electron chi connectivity index (χ1n) is 8.06. The number of thiazole rings is 1. The van der Waals surface area contributed by atoms with Crippen molar-refractivity contribution < 1.29 is 4.79 Å². The van der Waals surface area contributed by atoms with Crippen molar-refractivity contribution in [2.45, 2.75) is 35.9 Å². The smallest absolute Gasteiger partial charge is 0.240 e. The van der Waals surface area contributed by atoms with Crippen LogP contribution in [0, 0.1) is 0 Å². The summed E-state index contributed by atoms with van der Waals surface area (Å²) < 4.78 is 2.12. The van der Waals surface area contributed by atoms with Crippen molar-refractivity contribution in [3.8, 4) is 0 Å². The summed E-state index contributed by atoms with van der Waals surface area (Å²) in [5.41, 5.74) is 3.33. The van der Waals surface area contributed by atoms with Gasteiger partial charge in [-0.15, -0.1) is 11.3 Å². The van der Waals surface area contributed by atoms with Crippen LogP contribution in [0.5, 0.6) is 0 Å². The Kier molecular flexibility index (Phi) is 4.06. The highest BCUT2D eigenvalue weighted by Crippen LogP contribution is 2.36. The molecule has 0 N–H and O–H groups in total. The SMILES string of the molecule is C[C@H](Sc1nc2ccccc2s1)C(=O)N1c2ccccc2C[C@@H]1C. The molecule has 0 saturated heterocycles. The van der Waals surface area contributed by atoms with E-state index < -0.39 is 0 Å². The highest BCUT2D eigenvalue weighted by atomic mass is 32.2. The number of amides is 1. The lowest BCUT2D eigenvalue weighted by atomic mass is 10.1. The zero-order valence-corrected chi connectivity index (χ0v) is 15.2. The summed E-state index contributed by atoms with van der Waals surface area (Å²) in [6.45, 7) is 4.10. The molecule has 1 aliphatic rings. The van der Waals surface area contributed by atoms with Crippen LogP contribution in [0.2, 0.25) is 0 Å². The van der Waals surface area contributed by atoms with Crippen LogP contribution in [-0.2, 0) is 11.2 Å². The summed E-state index contributed by atoms with van der Waals surface area (Å²) in [4.78, 5) is 19.6. The molecule has 3 aromatic rings. The van der Waals surface area contributed by atoms with Gasteiger partial charge in [-0.3, -0.25) is 4.79 Å². The number of rotatable bonds is 3. The van der Waals surface area contributed by atoms with E-state index >= 15 is 0 Å². The Balaban J connectivity index is 1.56. The van der Waals surface area contributed by atoms with E-state index in [1.54, 1.807) is 23.1 Å². The van der Waals surface area contributed by atoms with Gasteiger partial charge in [-0.05, 0) is 44.0 Å². The van der Waals surface area contributed by atoms with Gasteiger partial charge in [0.1, 0.15) is 0 Å². The van der Waals surface area contributed by atoms with Gasteiger partial charge >= 0.3 is 0 Å². The van der Waals surface area contributed by atoms with Crippen molar-refractivity contribution in [1.29, 1.82) is 0 Å². The minimum absolute atomic E-state index is 0.154. The van der Waals surface area contributed by atoms with Gasteiger partial charge in [-0.25, -0.2) is 4.98 Å². The fourth-order valence-corrected chi connectivity index (χ4v) is 5.46. The number of carbonyl (C=O) groups excluding carboxylic acids is 1. The van der Waals surface area contributed by atoms with Crippen LogP contribution in [-0.4, -0.2) is 22.2 Å². The van der Waals surface area contributed by atoms with Crippen molar-refractivity contribution in [3.05, 3.63) is 54.1 Å². The number of benzene rings is 2. The third kappa shape index (κ3) is 2.72. The lowest BCUT2D eigenvalue weighted by Gasteiger charge is -2.25. The second kappa shape index (κ2) is 6.22. The van der Waals surface area contributed by atoms with E-state index in [2.05, 4.69) is 24.0 Å². The van der Waals surface area contributed by atoms with Gasteiger partial charge in [0.2, 0.25) is 5.91 Å². The normalized spacial score (nSPS) is 17.9. The minimum Gasteiger partial charge on any atom is -0.308 e. The molecule has 0 aliphatic carbocycles. The average Bonchev–Trinajstić information content (AvgIpc) is 3.13. The second-order valence-electron chi connectivity index (χ2n) is 6.10. The van der Waals surface area contributed by atoms with Gasteiger partial charge < -0.3 is 4.90 Å². The molecular weight excluding hydrogens is 336 g/mol. The van der Waals surface area contributed by atoms with Gasteiger partial charge in [-0.1, -0.05) is 42.1 Å². The number of thioether (sulfide) groups is 1. The number of anilines is 1. The molecule has 2 atom stereocenters. The van der Waals surface area contributed by atoms with E-state index in [9.17, 15) is 4.79 Å². The monoisotopic (exact) mass is 354 g/mol. The lowest BCUT2D eigenvalue weighted by Crippen LogP contribution is -2.40. The summed E-state index contributed by atoms with van der Waals surface area (Å²) in [6.07, 6.45) is 0.931. The van der Waals surface area contributed by atoms with Crippen LogP contribution >= 0.6 is 23.1 Å². The molecule has 2 aromatic carbocycles. The Morgan fingerprint density at radius 3 is 2.83 bits per heavy atom. The molecule has 0 radical (unpaired) electrons. The first-order valence-corrected chi connectivity index (χ1v) is 9.76. The predicted molar refractivity (Wildman–Crippen MR) is 102 cm³/mol. The van der Waals surface area contributed by atoms with Crippen LogP contribution in [0.25, 0.3) is 10.2 Å². The Hall–Kier alpha value is -1.85. The Morgan fingerprint density at radius 2 is 2.00 bits per heavy atom. The van der Waals surface area contributed by atoms with Gasteiger partial charge in [0, 0.05) is 11.7 Å². The van der Waals surface area contributed by atoms with E-state index in [4.69, 9.17) is 0 Å². The number of aromatic nitrogens is 1. The average molecular weight is 355 g/mol. The summed E-state index contributed by atoms with van der Waals surface area (Å²) in [6, 6.07) is 16.5. The number of hydrogen-bond donors (Lipinski definition) is 0. The molecular formula is C19H18N2OS2. The molecule has 4 rings (SSSR count). The van der Waals surface area contributed by atoms with Crippen molar-refractivity contribution in [2.75, 3.05) is 4.90 Å². The summed E-state index contributed by atoms with van der Waals surface area (Å²) in [5, 5.41) is -0.154. The quantitative estimate of drug-likeness (QED) is 0.636. The lowest BCUT2D eigenvalue weighted by molar-refractivity contribution is -0.118. The topological polar surface area (TPSA) is 33.2 Å². The third-order valence-electron chi connectivity index (χ3n) is 4.34. The van der Waals surface area contributed by atoms with Crippen molar-refractivity contribution in [1.82, 2.24) is 4.98 Å². The maximum atomic E-state index is 13.0. The number of hydrogen-bond acceptors (Lipinski definition) is 4. The van der Waals surface area contributed by atoms with Crippen molar-refractivity contribution in [3.63, 3.8) is 0 Å². The fourth-order valence-electron chi connectivity index (χ4n) is 3.20. The van der Waals surface area contributed by atoms with E-state index in [-0.39, 0.29) is 17.2 Å². The summed E-state index contributed by atoms with van der Waals surface area (Å²) >= 11 is 3.21. The highest BCUT2D eigenvalue weighted by Gasteiger charge is 2.33. The van der Waals surface area contributed by atoms with E-state index in [0.717, 1.165) is 22.0 Å². The maximum Gasteiger partial charge on any atom is 0.240 e. The van der Waals surface area contributed by atoms with Gasteiger partial charge in [0.15, 0.2) is 4.34 Å². The van der Waals surface area contributed by atoms with Crippen molar-refractivity contribution >= 4 is 44.9 Å². The Labute approximate surface area is 149 Å². The zero-order valence-electron chi connectivity index (χ0n) is 13.6. The molecule has 1 aromatic heterocycles. The third-order valence-corrected chi connectivity index (χ3v) is 6.56. The Morgan fingerprint density at radius 1 is 1.25 bits per heavy atom. The number of para-hydroxylation sites is 2. The molecule has 0 saturated carbocycles. The molecule has 0 spiro atoms. The molecule has 0 unspecified atom stereocenters. The van der Waals surface area contributed by atoms with Gasteiger partial charge in [0.05, 0.1) is 15.5 Å². The van der Waals surface area contributed by atoms with Crippen LogP contribution in [0.3, 0.4) is 0 Å². The predicted octanol–water partition coefficient (Wildman–Crippen LogP) is 4.75. The van der Waals surface area contributed by atoms with Crippen LogP contribution in [0.1, 0.15) is 19.4 Å². The fraction of sp³-hybridized carbons (Fsp3) is 0.263. The van der Waals surface area contributed by atoms with E-state index in [1.807, 2.05) is 48.2 Å². The molecule has 2 heterocycles. The standard InChI is InChI=1S/C19H18N2OS2/c1-12-11-14-7-3-5-9-16(14)21(12)18(22)13(2)23-19-20-15-8-4-6-10-17(15)24-19/h3-10,12-13H,11H2,1-2H3/t12-,13-/m0/s1. The van der Waals surface area contributed by atoms with E-state index in [1.165, 1.54) is 10.3 Å². The molecule has 122 valence electrons. The maximum absolute atomic E-state index is 13.0. The molecule has 3 nitrogen and oxygen atoms in total. The summed E-state index contributed by atoms with van der Waals surface area (Å²) in [5.74, 6) is 0.164. The van der Waals surface area contributed by atoms with Gasteiger partial charge in [-0.2, -0.15) is 0 Å². The Bertz CT molecular complexity index is 872. The van der Waals surface area contributed by atoms with Crippen LogP contribution < -0.4 is 4.90 Å². The molecule has 0 fully saturated rings. The second-order valence-corrected chi connectivity index (χ2v) is 8.72. The number of fused-ring (bicyclic) bond motifs is 2. The largest absolute Gasteiger partial charge is 0.308 e. The first-order chi connectivity index (χ1) is 11.6.